The number of rotatable bonds is 5. The Labute approximate surface area is 132 Å². The summed E-state index contributed by atoms with van der Waals surface area (Å²) in [6.45, 7) is 6.59. The van der Waals surface area contributed by atoms with Crippen LogP contribution in [0.2, 0.25) is 0 Å². The van der Waals surface area contributed by atoms with Gasteiger partial charge in [0.15, 0.2) is 0 Å². The maximum Gasteiger partial charge on any atom is 0.123 e. The Bertz CT molecular complexity index is 560. The Kier molecular flexibility index (Phi) is 5.20. The van der Waals surface area contributed by atoms with Crippen LogP contribution in [0.15, 0.2) is 54.6 Å². The van der Waals surface area contributed by atoms with Gasteiger partial charge in [0.05, 0.1) is 0 Å². The largest absolute Gasteiger partial charge is 0.300 e. The molecule has 1 aliphatic rings. The van der Waals surface area contributed by atoms with E-state index in [1.165, 1.54) is 11.1 Å². The van der Waals surface area contributed by atoms with E-state index in [4.69, 9.17) is 0 Å². The third-order valence-electron chi connectivity index (χ3n) is 4.34. The summed E-state index contributed by atoms with van der Waals surface area (Å²) in [7, 11) is 0. The molecule has 1 heterocycles. The van der Waals surface area contributed by atoms with Crippen molar-refractivity contribution in [3.8, 4) is 0 Å². The molecule has 0 radical (unpaired) electrons. The predicted molar refractivity (Wildman–Crippen MR) is 88.3 cm³/mol. The van der Waals surface area contributed by atoms with Crippen LogP contribution in [0.1, 0.15) is 11.1 Å². The van der Waals surface area contributed by atoms with E-state index < -0.39 is 0 Å². The summed E-state index contributed by atoms with van der Waals surface area (Å²) < 4.78 is 12.9. The van der Waals surface area contributed by atoms with E-state index in [9.17, 15) is 4.39 Å². The van der Waals surface area contributed by atoms with Gasteiger partial charge in [0.2, 0.25) is 0 Å². The zero-order chi connectivity index (χ0) is 15.2. The van der Waals surface area contributed by atoms with Gasteiger partial charge < -0.3 is 4.90 Å². The first-order chi connectivity index (χ1) is 10.8. The van der Waals surface area contributed by atoms with E-state index >= 15 is 0 Å². The fraction of sp³-hybridized carbons (Fsp3) is 0.368. The second-order valence-corrected chi connectivity index (χ2v) is 5.98. The molecular weight excluding hydrogens is 275 g/mol. The summed E-state index contributed by atoms with van der Waals surface area (Å²) in [5.74, 6) is -0.154. The first-order valence-corrected chi connectivity index (χ1v) is 8.03. The normalized spacial score (nSPS) is 16.8. The highest BCUT2D eigenvalue weighted by Gasteiger charge is 2.16. The van der Waals surface area contributed by atoms with Crippen LogP contribution in [-0.2, 0) is 13.0 Å². The van der Waals surface area contributed by atoms with Gasteiger partial charge in [-0.15, -0.1) is 0 Å². The summed E-state index contributed by atoms with van der Waals surface area (Å²) in [5.41, 5.74) is 2.61. The molecular formula is C19H23FN2. The molecule has 0 atom stereocenters. The molecule has 116 valence electrons. The van der Waals surface area contributed by atoms with E-state index in [1.807, 2.05) is 12.1 Å². The minimum atomic E-state index is -0.154. The highest BCUT2D eigenvalue weighted by molar-refractivity contribution is 5.16. The van der Waals surface area contributed by atoms with Gasteiger partial charge in [-0.05, 0) is 29.7 Å². The Hall–Kier alpha value is -1.71. The van der Waals surface area contributed by atoms with Crippen molar-refractivity contribution < 1.29 is 4.39 Å². The molecule has 0 aromatic heterocycles. The average Bonchev–Trinajstić information content (AvgIpc) is 2.57. The molecule has 2 aromatic rings. The van der Waals surface area contributed by atoms with Crippen molar-refractivity contribution in [2.45, 2.75) is 13.0 Å². The van der Waals surface area contributed by atoms with Crippen molar-refractivity contribution in [1.82, 2.24) is 9.80 Å². The number of halogens is 1. The number of piperazine rings is 1. The Balaban J connectivity index is 1.41. The van der Waals surface area contributed by atoms with Crippen molar-refractivity contribution in [3.05, 3.63) is 71.5 Å². The van der Waals surface area contributed by atoms with Crippen molar-refractivity contribution >= 4 is 0 Å². The van der Waals surface area contributed by atoms with Gasteiger partial charge in [-0.3, -0.25) is 4.90 Å². The zero-order valence-corrected chi connectivity index (χ0v) is 12.9. The standard InChI is InChI=1S/C19H23FN2/c20-19-8-6-17(7-9-19)10-11-21-12-14-22(15-13-21)16-18-4-2-1-3-5-18/h1-9H,10-16H2. The van der Waals surface area contributed by atoms with Crippen LogP contribution in [-0.4, -0.2) is 42.5 Å². The van der Waals surface area contributed by atoms with E-state index in [1.54, 1.807) is 12.1 Å². The number of nitrogens with zero attached hydrogens (tertiary/aromatic N) is 2. The van der Waals surface area contributed by atoms with E-state index in [2.05, 4.69) is 40.1 Å². The van der Waals surface area contributed by atoms with Crippen LogP contribution in [0.25, 0.3) is 0 Å². The quantitative estimate of drug-likeness (QED) is 0.836. The molecule has 2 nitrogen and oxygen atoms in total. The highest BCUT2D eigenvalue weighted by atomic mass is 19.1. The van der Waals surface area contributed by atoms with Crippen LogP contribution < -0.4 is 0 Å². The Morgan fingerprint density at radius 2 is 1.36 bits per heavy atom. The highest BCUT2D eigenvalue weighted by Crippen LogP contribution is 2.10. The maximum atomic E-state index is 12.9. The van der Waals surface area contributed by atoms with Gasteiger partial charge >= 0.3 is 0 Å². The maximum absolute atomic E-state index is 12.9. The third kappa shape index (κ3) is 4.39. The summed E-state index contributed by atoms with van der Waals surface area (Å²) in [6.07, 6.45) is 0.999. The molecule has 1 fully saturated rings. The van der Waals surface area contributed by atoms with E-state index in [-0.39, 0.29) is 5.82 Å². The minimum absolute atomic E-state index is 0.154. The lowest BCUT2D eigenvalue weighted by molar-refractivity contribution is 0.128. The molecule has 1 aliphatic heterocycles. The number of hydrogen-bond donors (Lipinski definition) is 0. The Morgan fingerprint density at radius 3 is 2.05 bits per heavy atom. The zero-order valence-electron chi connectivity index (χ0n) is 12.9. The molecule has 1 saturated heterocycles. The fourth-order valence-corrected chi connectivity index (χ4v) is 2.95. The Morgan fingerprint density at radius 1 is 0.727 bits per heavy atom. The van der Waals surface area contributed by atoms with Gasteiger partial charge in [-0.2, -0.15) is 0 Å². The van der Waals surface area contributed by atoms with Crippen LogP contribution in [0.3, 0.4) is 0 Å². The first-order valence-electron chi connectivity index (χ1n) is 8.03. The second kappa shape index (κ2) is 7.52. The van der Waals surface area contributed by atoms with Crippen LogP contribution in [0.4, 0.5) is 4.39 Å². The van der Waals surface area contributed by atoms with Crippen molar-refractivity contribution in [2.75, 3.05) is 32.7 Å². The molecule has 0 amide bonds. The topological polar surface area (TPSA) is 6.48 Å². The minimum Gasteiger partial charge on any atom is -0.300 e. The third-order valence-corrected chi connectivity index (χ3v) is 4.34. The van der Waals surface area contributed by atoms with Crippen molar-refractivity contribution in [3.63, 3.8) is 0 Å². The van der Waals surface area contributed by atoms with Crippen LogP contribution >= 0.6 is 0 Å². The SMILES string of the molecule is Fc1ccc(CCN2CCN(Cc3ccccc3)CC2)cc1. The van der Waals surface area contributed by atoms with Crippen LogP contribution in [0, 0.1) is 5.82 Å². The van der Waals surface area contributed by atoms with Gasteiger partial charge in [-0.1, -0.05) is 42.5 Å². The fourth-order valence-electron chi connectivity index (χ4n) is 2.95. The lowest BCUT2D eigenvalue weighted by Gasteiger charge is -2.34. The second-order valence-electron chi connectivity index (χ2n) is 5.98. The molecule has 2 aromatic carbocycles. The summed E-state index contributed by atoms with van der Waals surface area (Å²) in [4.78, 5) is 5.02. The number of benzene rings is 2. The monoisotopic (exact) mass is 298 g/mol. The molecule has 3 heteroatoms. The molecule has 0 unspecified atom stereocenters. The van der Waals surface area contributed by atoms with Gasteiger partial charge in [0, 0.05) is 39.3 Å². The van der Waals surface area contributed by atoms with E-state index in [0.29, 0.717) is 0 Å². The first kappa shape index (κ1) is 15.2. The van der Waals surface area contributed by atoms with Gasteiger partial charge in [0.1, 0.15) is 5.82 Å². The van der Waals surface area contributed by atoms with Crippen molar-refractivity contribution in [1.29, 1.82) is 0 Å². The molecule has 0 spiro atoms. The predicted octanol–water partition coefficient (Wildman–Crippen LogP) is 3.19. The smallest absolute Gasteiger partial charge is 0.123 e. The summed E-state index contributed by atoms with van der Waals surface area (Å²) in [6, 6.07) is 17.5. The van der Waals surface area contributed by atoms with Gasteiger partial charge in [0.25, 0.3) is 0 Å². The lowest BCUT2D eigenvalue weighted by atomic mass is 10.1. The molecule has 0 aliphatic carbocycles. The average molecular weight is 298 g/mol. The molecule has 0 bridgehead atoms. The molecule has 22 heavy (non-hydrogen) atoms. The summed E-state index contributed by atoms with van der Waals surface area (Å²) in [5, 5.41) is 0. The molecule has 0 N–H and O–H groups in total. The lowest BCUT2D eigenvalue weighted by Crippen LogP contribution is -2.46. The summed E-state index contributed by atoms with van der Waals surface area (Å²) >= 11 is 0. The van der Waals surface area contributed by atoms with E-state index in [0.717, 1.165) is 45.7 Å². The van der Waals surface area contributed by atoms with Gasteiger partial charge in [-0.25, -0.2) is 4.39 Å². The van der Waals surface area contributed by atoms with Crippen LogP contribution in [0.5, 0.6) is 0 Å². The van der Waals surface area contributed by atoms with Crippen molar-refractivity contribution in [2.24, 2.45) is 0 Å². The molecule has 0 saturated carbocycles. The number of hydrogen-bond acceptors (Lipinski definition) is 2. The molecule has 3 rings (SSSR count).